The minimum Gasteiger partial charge on any atom is -0.491 e. The van der Waals surface area contributed by atoms with Crippen molar-refractivity contribution in [1.82, 2.24) is 0 Å². The molecule has 0 bridgehead atoms. The minimum atomic E-state index is -0.560. The van der Waals surface area contributed by atoms with Gasteiger partial charge in [-0.15, -0.1) is 0 Å². The molecule has 6 heteroatoms. The molecule has 2 aromatic carbocycles. The molecule has 0 aliphatic heterocycles. The summed E-state index contributed by atoms with van der Waals surface area (Å²) in [4.78, 5) is 10.2. The molecule has 0 atom stereocenters. The smallest absolute Gasteiger partial charge is 0.295 e. The van der Waals surface area contributed by atoms with Gasteiger partial charge in [0.05, 0.1) is 22.6 Å². The van der Waals surface area contributed by atoms with Crippen molar-refractivity contribution in [3.05, 3.63) is 63.2 Å². The first kappa shape index (κ1) is 14.1. The molecule has 0 saturated carbocycles. The molecule has 104 valence electrons. The van der Waals surface area contributed by atoms with Crippen LogP contribution in [0.2, 0.25) is 5.02 Å². The van der Waals surface area contributed by atoms with Crippen LogP contribution in [0.15, 0.2) is 42.5 Å². The molecule has 0 aliphatic carbocycles. The van der Waals surface area contributed by atoms with Gasteiger partial charge in [0.15, 0.2) is 0 Å². The van der Waals surface area contributed by atoms with E-state index in [9.17, 15) is 10.1 Å². The molecular formula is C14H13ClN2O3. The molecule has 2 rings (SSSR count). The highest BCUT2D eigenvalue weighted by Gasteiger charge is 2.16. The van der Waals surface area contributed by atoms with Crippen LogP contribution in [0.4, 0.5) is 11.4 Å². The second kappa shape index (κ2) is 6.25. The third-order valence-corrected chi connectivity index (χ3v) is 3.06. The number of hydrogen-bond donors (Lipinski definition) is 1. The van der Waals surface area contributed by atoms with Crippen molar-refractivity contribution in [3.8, 4) is 5.75 Å². The molecule has 0 fully saturated rings. The van der Waals surface area contributed by atoms with Crippen molar-refractivity contribution in [3.63, 3.8) is 0 Å². The van der Waals surface area contributed by atoms with E-state index in [1.807, 2.05) is 30.3 Å². The highest BCUT2D eigenvalue weighted by Crippen LogP contribution is 2.34. The Kier molecular flexibility index (Phi) is 4.42. The summed E-state index contributed by atoms with van der Waals surface area (Å²) in [5, 5.41) is 11.1. The molecule has 20 heavy (non-hydrogen) atoms. The van der Waals surface area contributed by atoms with Gasteiger partial charge in [-0.1, -0.05) is 41.9 Å². The number of ether oxygens (including phenoxy) is 1. The fourth-order valence-electron chi connectivity index (χ4n) is 1.75. The number of nitrogen functional groups attached to an aromatic ring is 1. The largest absolute Gasteiger partial charge is 0.491 e. The lowest BCUT2D eigenvalue weighted by Gasteiger charge is -2.09. The number of benzene rings is 2. The van der Waals surface area contributed by atoms with E-state index in [2.05, 4.69) is 0 Å². The molecule has 0 unspecified atom stereocenters. The average molecular weight is 293 g/mol. The van der Waals surface area contributed by atoms with Crippen molar-refractivity contribution in [2.24, 2.45) is 0 Å². The van der Waals surface area contributed by atoms with E-state index >= 15 is 0 Å². The summed E-state index contributed by atoms with van der Waals surface area (Å²) in [5.74, 6) is 0.267. The van der Waals surface area contributed by atoms with E-state index in [4.69, 9.17) is 22.1 Å². The van der Waals surface area contributed by atoms with Crippen molar-refractivity contribution < 1.29 is 9.66 Å². The van der Waals surface area contributed by atoms with Crippen LogP contribution in [-0.2, 0) is 6.42 Å². The summed E-state index contributed by atoms with van der Waals surface area (Å²) in [7, 11) is 0. The molecule has 2 aromatic rings. The Labute approximate surface area is 121 Å². The standard InChI is InChI=1S/C14H13ClN2O3/c15-11-8-12(16)13(17(18)19)9-14(11)20-7-6-10-4-2-1-3-5-10/h1-5,8-9H,6-7,16H2. The predicted molar refractivity (Wildman–Crippen MR) is 78.2 cm³/mol. The summed E-state index contributed by atoms with van der Waals surface area (Å²) in [6.45, 7) is 0.380. The van der Waals surface area contributed by atoms with Crippen LogP contribution in [0.1, 0.15) is 5.56 Å². The van der Waals surface area contributed by atoms with Crippen LogP contribution in [0.25, 0.3) is 0 Å². The lowest BCUT2D eigenvalue weighted by molar-refractivity contribution is -0.384. The number of hydrogen-bond acceptors (Lipinski definition) is 4. The van der Waals surface area contributed by atoms with Gasteiger partial charge in [-0.2, -0.15) is 0 Å². The number of nitrogens with two attached hydrogens (primary N) is 1. The Morgan fingerprint density at radius 1 is 1.25 bits per heavy atom. The van der Waals surface area contributed by atoms with Crippen molar-refractivity contribution in [2.75, 3.05) is 12.3 Å². The normalized spacial score (nSPS) is 10.2. The van der Waals surface area contributed by atoms with E-state index in [-0.39, 0.29) is 22.1 Å². The number of nitrogens with zero attached hydrogens (tertiary/aromatic N) is 1. The first-order chi connectivity index (χ1) is 9.58. The van der Waals surface area contributed by atoms with Crippen LogP contribution in [0.3, 0.4) is 0 Å². The molecule has 0 aromatic heterocycles. The van der Waals surface area contributed by atoms with Gasteiger partial charge in [-0.3, -0.25) is 10.1 Å². The zero-order valence-electron chi connectivity index (χ0n) is 10.6. The van der Waals surface area contributed by atoms with E-state index < -0.39 is 4.92 Å². The zero-order valence-corrected chi connectivity index (χ0v) is 11.3. The number of anilines is 1. The molecule has 0 spiro atoms. The van der Waals surface area contributed by atoms with Crippen molar-refractivity contribution in [2.45, 2.75) is 6.42 Å². The lowest BCUT2D eigenvalue weighted by Crippen LogP contribution is -2.03. The maximum Gasteiger partial charge on any atom is 0.295 e. The Morgan fingerprint density at radius 3 is 2.60 bits per heavy atom. The van der Waals surface area contributed by atoms with Crippen LogP contribution in [0, 0.1) is 10.1 Å². The first-order valence-electron chi connectivity index (χ1n) is 5.98. The monoisotopic (exact) mass is 292 g/mol. The molecule has 2 N–H and O–H groups in total. The summed E-state index contributed by atoms with van der Waals surface area (Å²) >= 11 is 5.96. The van der Waals surface area contributed by atoms with E-state index in [1.54, 1.807) is 0 Å². The summed E-state index contributed by atoms with van der Waals surface area (Å²) in [5.41, 5.74) is 6.47. The van der Waals surface area contributed by atoms with Crippen molar-refractivity contribution >= 4 is 23.0 Å². The Bertz CT molecular complexity index is 617. The number of rotatable bonds is 5. The Morgan fingerprint density at radius 2 is 1.95 bits per heavy atom. The van der Waals surface area contributed by atoms with Gasteiger partial charge >= 0.3 is 0 Å². The quantitative estimate of drug-likeness (QED) is 0.520. The van der Waals surface area contributed by atoms with Crippen LogP contribution >= 0.6 is 11.6 Å². The Hall–Kier alpha value is -2.27. The third kappa shape index (κ3) is 3.39. The Balaban J connectivity index is 2.06. The molecule has 0 amide bonds. The second-order valence-electron chi connectivity index (χ2n) is 4.18. The highest BCUT2D eigenvalue weighted by atomic mass is 35.5. The molecule has 0 aliphatic rings. The lowest BCUT2D eigenvalue weighted by atomic mass is 10.2. The van der Waals surface area contributed by atoms with E-state index in [0.29, 0.717) is 13.0 Å². The molecule has 0 heterocycles. The van der Waals surface area contributed by atoms with Crippen LogP contribution < -0.4 is 10.5 Å². The van der Waals surface area contributed by atoms with Gasteiger partial charge in [-0.05, 0) is 11.6 Å². The molecule has 0 radical (unpaired) electrons. The molecule has 5 nitrogen and oxygen atoms in total. The number of nitro benzene ring substituents is 1. The van der Waals surface area contributed by atoms with Crippen molar-refractivity contribution in [1.29, 1.82) is 0 Å². The second-order valence-corrected chi connectivity index (χ2v) is 4.59. The van der Waals surface area contributed by atoms with Crippen LogP contribution in [-0.4, -0.2) is 11.5 Å². The van der Waals surface area contributed by atoms with Gasteiger partial charge in [0.25, 0.3) is 5.69 Å². The highest BCUT2D eigenvalue weighted by molar-refractivity contribution is 6.32. The molecule has 0 saturated heterocycles. The minimum absolute atomic E-state index is 0.0235. The average Bonchev–Trinajstić information content (AvgIpc) is 2.42. The summed E-state index contributed by atoms with van der Waals surface area (Å²) in [6, 6.07) is 12.4. The summed E-state index contributed by atoms with van der Waals surface area (Å²) < 4.78 is 5.49. The van der Waals surface area contributed by atoms with Gasteiger partial charge in [-0.25, -0.2) is 0 Å². The predicted octanol–water partition coefficient (Wildman–Crippen LogP) is 3.45. The fraction of sp³-hybridized carbons (Fsp3) is 0.143. The SMILES string of the molecule is Nc1cc(Cl)c(OCCc2ccccc2)cc1[N+](=O)[O-]. The third-order valence-electron chi connectivity index (χ3n) is 2.77. The van der Waals surface area contributed by atoms with Gasteiger partial charge in [0, 0.05) is 6.42 Å². The van der Waals surface area contributed by atoms with E-state index in [0.717, 1.165) is 5.56 Å². The van der Waals surface area contributed by atoms with Gasteiger partial charge in [0.1, 0.15) is 11.4 Å². The first-order valence-corrected chi connectivity index (χ1v) is 6.36. The fourth-order valence-corrected chi connectivity index (χ4v) is 1.98. The van der Waals surface area contributed by atoms with Gasteiger partial charge < -0.3 is 10.5 Å². The molecular weight excluding hydrogens is 280 g/mol. The maximum atomic E-state index is 10.8. The zero-order chi connectivity index (χ0) is 14.5. The summed E-state index contributed by atoms with van der Waals surface area (Å²) in [6.07, 6.45) is 0.690. The van der Waals surface area contributed by atoms with Gasteiger partial charge in [0.2, 0.25) is 0 Å². The van der Waals surface area contributed by atoms with Crippen LogP contribution in [0.5, 0.6) is 5.75 Å². The number of halogens is 1. The topological polar surface area (TPSA) is 78.4 Å². The number of nitro groups is 1. The van der Waals surface area contributed by atoms with E-state index in [1.165, 1.54) is 12.1 Å². The maximum absolute atomic E-state index is 10.8.